The maximum atomic E-state index is 12.8. The Bertz CT molecular complexity index is 861. The van der Waals surface area contributed by atoms with E-state index in [1.807, 2.05) is 48.0 Å². The first-order valence-electron chi connectivity index (χ1n) is 8.66. The van der Waals surface area contributed by atoms with E-state index in [1.165, 1.54) is 11.3 Å². The van der Waals surface area contributed by atoms with E-state index in [4.69, 9.17) is 9.47 Å². The van der Waals surface area contributed by atoms with Crippen LogP contribution in [-0.4, -0.2) is 47.7 Å². The Morgan fingerprint density at radius 2 is 2.15 bits per heavy atom. The van der Waals surface area contributed by atoms with Crippen molar-refractivity contribution in [3.63, 3.8) is 0 Å². The summed E-state index contributed by atoms with van der Waals surface area (Å²) in [5.41, 5.74) is 1.11. The standard InChI is InChI=1S/C20H23N3O3S/c1-25-11-10-23(20(24)18-7-4-12-27-18)15-19-21-8-9-22(19)14-16-5-3-6-17(13-16)26-2/h3-9,12-13H,10-11,14-15H2,1-2H3. The third kappa shape index (κ3) is 4.96. The molecule has 0 bridgehead atoms. The molecule has 2 aromatic heterocycles. The molecule has 2 heterocycles. The van der Waals surface area contributed by atoms with Crippen molar-refractivity contribution in [3.05, 3.63) is 70.4 Å². The van der Waals surface area contributed by atoms with Crippen molar-refractivity contribution >= 4 is 17.2 Å². The molecule has 0 aliphatic carbocycles. The zero-order valence-electron chi connectivity index (χ0n) is 15.5. The molecule has 0 saturated heterocycles. The summed E-state index contributed by atoms with van der Waals surface area (Å²) in [6, 6.07) is 11.7. The highest BCUT2D eigenvalue weighted by Crippen LogP contribution is 2.17. The zero-order chi connectivity index (χ0) is 19.1. The molecule has 0 aliphatic rings. The first-order chi connectivity index (χ1) is 13.2. The van der Waals surface area contributed by atoms with Gasteiger partial charge < -0.3 is 18.9 Å². The number of methoxy groups -OCH3 is 2. The van der Waals surface area contributed by atoms with Crippen LogP contribution in [0.4, 0.5) is 0 Å². The van der Waals surface area contributed by atoms with Gasteiger partial charge in [-0.05, 0) is 29.1 Å². The van der Waals surface area contributed by atoms with E-state index in [0.717, 1.165) is 22.0 Å². The van der Waals surface area contributed by atoms with Crippen molar-refractivity contribution < 1.29 is 14.3 Å². The molecule has 7 heteroatoms. The second-order valence-corrected chi connectivity index (χ2v) is 6.97. The normalized spacial score (nSPS) is 10.7. The molecule has 1 amide bonds. The lowest BCUT2D eigenvalue weighted by molar-refractivity contribution is 0.0678. The van der Waals surface area contributed by atoms with E-state index in [9.17, 15) is 4.79 Å². The molecule has 0 atom stereocenters. The number of carbonyl (C=O) groups excluding carboxylic acids is 1. The second kappa shape index (κ2) is 9.34. The van der Waals surface area contributed by atoms with Crippen LogP contribution >= 0.6 is 11.3 Å². The molecule has 0 unspecified atom stereocenters. The molecule has 27 heavy (non-hydrogen) atoms. The molecular formula is C20H23N3O3S. The highest BCUT2D eigenvalue weighted by molar-refractivity contribution is 7.12. The Morgan fingerprint density at radius 1 is 1.26 bits per heavy atom. The number of rotatable bonds is 9. The smallest absolute Gasteiger partial charge is 0.264 e. The lowest BCUT2D eigenvalue weighted by atomic mass is 10.2. The number of benzene rings is 1. The third-order valence-electron chi connectivity index (χ3n) is 4.21. The number of carbonyl (C=O) groups is 1. The van der Waals surface area contributed by atoms with E-state index in [2.05, 4.69) is 9.55 Å². The lowest BCUT2D eigenvalue weighted by Crippen LogP contribution is -2.34. The van der Waals surface area contributed by atoms with Crippen LogP contribution in [0.3, 0.4) is 0 Å². The molecule has 1 aromatic carbocycles. The van der Waals surface area contributed by atoms with Crippen molar-refractivity contribution in [2.24, 2.45) is 0 Å². The minimum absolute atomic E-state index is 0.00187. The van der Waals surface area contributed by atoms with Crippen LogP contribution in [0.2, 0.25) is 0 Å². The summed E-state index contributed by atoms with van der Waals surface area (Å²) in [4.78, 5) is 19.8. The van der Waals surface area contributed by atoms with E-state index in [0.29, 0.717) is 26.2 Å². The van der Waals surface area contributed by atoms with Crippen LogP contribution in [0.5, 0.6) is 5.75 Å². The van der Waals surface area contributed by atoms with Crippen LogP contribution < -0.4 is 4.74 Å². The first kappa shape index (κ1) is 19.1. The van der Waals surface area contributed by atoms with Gasteiger partial charge >= 0.3 is 0 Å². The second-order valence-electron chi connectivity index (χ2n) is 6.02. The third-order valence-corrected chi connectivity index (χ3v) is 5.06. The monoisotopic (exact) mass is 385 g/mol. The van der Waals surface area contributed by atoms with Crippen LogP contribution in [0.15, 0.2) is 54.2 Å². The first-order valence-corrected chi connectivity index (χ1v) is 9.54. The van der Waals surface area contributed by atoms with E-state index >= 15 is 0 Å². The number of imidazole rings is 1. The Balaban J connectivity index is 1.76. The van der Waals surface area contributed by atoms with Gasteiger partial charge in [0.25, 0.3) is 5.91 Å². The number of nitrogens with zero attached hydrogens (tertiary/aromatic N) is 3. The summed E-state index contributed by atoms with van der Waals surface area (Å²) in [7, 11) is 3.29. The zero-order valence-corrected chi connectivity index (χ0v) is 16.3. The quantitative estimate of drug-likeness (QED) is 0.567. The Labute approximate surface area is 163 Å². The number of thiophene rings is 1. The van der Waals surface area contributed by atoms with Gasteiger partial charge in [-0.25, -0.2) is 4.98 Å². The number of aromatic nitrogens is 2. The summed E-state index contributed by atoms with van der Waals surface area (Å²) in [5.74, 6) is 1.65. The average molecular weight is 385 g/mol. The van der Waals surface area contributed by atoms with Crippen LogP contribution in [0.25, 0.3) is 0 Å². The van der Waals surface area contributed by atoms with Gasteiger partial charge in [0.1, 0.15) is 11.6 Å². The van der Waals surface area contributed by atoms with Crippen molar-refractivity contribution in [2.45, 2.75) is 13.1 Å². The molecule has 3 rings (SSSR count). The molecule has 0 N–H and O–H groups in total. The minimum Gasteiger partial charge on any atom is -0.497 e. The summed E-state index contributed by atoms with van der Waals surface area (Å²) >= 11 is 1.44. The fourth-order valence-corrected chi connectivity index (χ4v) is 3.47. The highest BCUT2D eigenvalue weighted by atomic mass is 32.1. The molecule has 0 radical (unpaired) electrons. The predicted molar refractivity (Wildman–Crippen MR) is 105 cm³/mol. The molecule has 0 saturated carbocycles. The van der Waals surface area contributed by atoms with Gasteiger partial charge in [-0.15, -0.1) is 11.3 Å². The molecule has 0 spiro atoms. The summed E-state index contributed by atoms with van der Waals surface area (Å²) in [6.45, 7) is 2.09. The highest BCUT2D eigenvalue weighted by Gasteiger charge is 2.19. The Hall–Kier alpha value is -2.64. The molecule has 3 aromatic rings. The molecule has 142 valence electrons. The molecule has 6 nitrogen and oxygen atoms in total. The van der Waals surface area contributed by atoms with Crippen molar-refractivity contribution in [3.8, 4) is 5.75 Å². The number of hydrogen-bond acceptors (Lipinski definition) is 5. The van der Waals surface area contributed by atoms with Crippen molar-refractivity contribution in [1.29, 1.82) is 0 Å². The minimum atomic E-state index is -0.00187. The van der Waals surface area contributed by atoms with Crippen molar-refractivity contribution in [1.82, 2.24) is 14.5 Å². The Kier molecular flexibility index (Phi) is 6.62. The van der Waals surface area contributed by atoms with E-state index < -0.39 is 0 Å². The number of hydrogen-bond donors (Lipinski definition) is 0. The largest absolute Gasteiger partial charge is 0.497 e. The lowest BCUT2D eigenvalue weighted by Gasteiger charge is -2.22. The summed E-state index contributed by atoms with van der Waals surface area (Å²) < 4.78 is 12.5. The van der Waals surface area contributed by atoms with Crippen LogP contribution in [0.1, 0.15) is 21.1 Å². The van der Waals surface area contributed by atoms with Gasteiger partial charge in [0.15, 0.2) is 0 Å². The molecular weight excluding hydrogens is 362 g/mol. The van der Waals surface area contributed by atoms with E-state index in [-0.39, 0.29) is 5.91 Å². The van der Waals surface area contributed by atoms with Gasteiger partial charge in [0.2, 0.25) is 0 Å². The van der Waals surface area contributed by atoms with Gasteiger partial charge in [-0.3, -0.25) is 4.79 Å². The van der Waals surface area contributed by atoms with Gasteiger partial charge in [-0.1, -0.05) is 18.2 Å². The fraction of sp³-hybridized carbons (Fsp3) is 0.300. The van der Waals surface area contributed by atoms with Gasteiger partial charge in [-0.2, -0.15) is 0 Å². The SMILES string of the molecule is COCCN(Cc1nccn1Cc1cccc(OC)c1)C(=O)c1cccs1. The number of amides is 1. The fourth-order valence-electron chi connectivity index (χ4n) is 2.78. The van der Waals surface area contributed by atoms with Crippen LogP contribution in [-0.2, 0) is 17.8 Å². The average Bonchev–Trinajstić information content (AvgIpc) is 3.37. The molecule has 0 aliphatic heterocycles. The maximum Gasteiger partial charge on any atom is 0.264 e. The number of ether oxygens (including phenoxy) is 2. The van der Waals surface area contributed by atoms with Crippen molar-refractivity contribution in [2.75, 3.05) is 27.4 Å². The predicted octanol–water partition coefficient (Wildman–Crippen LogP) is 3.29. The van der Waals surface area contributed by atoms with Gasteiger partial charge in [0, 0.05) is 32.6 Å². The summed E-state index contributed by atoms with van der Waals surface area (Å²) in [5, 5.41) is 1.91. The maximum absolute atomic E-state index is 12.8. The van der Waals surface area contributed by atoms with Gasteiger partial charge in [0.05, 0.1) is 25.1 Å². The molecule has 0 fully saturated rings. The topological polar surface area (TPSA) is 56.6 Å². The Morgan fingerprint density at radius 3 is 2.89 bits per heavy atom. The van der Waals surface area contributed by atoms with E-state index in [1.54, 1.807) is 25.3 Å². The van der Waals surface area contributed by atoms with Crippen LogP contribution in [0, 0.1) is 0 Å². The summed E-state index contributed by atoms with van der Waals surface area (Å²) in [6.07, 6.45) is 3.69.